The van der Waals surface area contributed by atoms with Gasteiger partial charge in [-0.2, -0.15) is 0 Å². The Morgan fingerprint density at radius 2 is 1.80 bits per heavy atom. The third-order valence-corrected chi connectivity index (χ3v) is 5.65. The lowest BCUT2D eigenvalue weighted by Crippen LogP contribution is -2.06. The number of nitrogens with zero attached hydrogens (tertiary/aromatic N) is 1. The minimum Gasteiger partial charge on any atom is -0.492 e. The standard InChI is InChI=1S/C25H18ClNO3/c1-29-24-14-19-16-4-2-3-15(11-16)9-10-30-23-13-18(5-7-21(23)26)25(28)17-6-8-22(27-24)20(19)12-17/h2-8,11-14H,9-10H2,1H3. The molecule has 0 N–H and O–H groups in total. The van der Waals surface area contributed by atoms with E-state index in [-0.39, 0.29) is 5.78 Å². The molecule has 0 saturated carbocycles. The van der Waals surface area contributed by atoms with E-state index in [1.807, 2.05) is 24.3 Å². The zero-order valence-electron chi connectivity index (χ0n) is 16.3. The number of carbonyl (C=O) groups excluding carboxylic acids is 1. The van der Waals surface area contributed by atoms with E-state index >= 15 is 0 Å². The van der Waals surface area contributed by atoms with E-state index in [0.717, 1.165) is 27.6 Å². The van der Waals surface area contributed by atoms with E-state index < -0.39 is 0 Å². The minimum absolute atomic E-state index is 0.0917. The largest absolute Gasteiger partial charge is 0.492 e. The Hall–Kier alpha value is -3.37. The van der Waals surface area contributed by atoms with E-state index in [9.17, 15) is 4.79 Å². The second-order valence-corrected chi connectivity index (χ2v) is 7.62. The molecule has 5 heteroatoms. The van der Waals surface area contributed by atoms with Crippen LogP contribution in [-0.4, -0.2) is 24.5 Å². The number of hydrogen-bond donors (Lipinski definition) is 0. The maximum Gasteiger partial charge on any atom is 0.214 e. The summed E-state index contributed by atoms with van der Waals surface area (Å²) in [5.74, 6) is 0.961. The average Bonchev–Trinajstić information content (AvgIpc) is 2.78. The van der Waals surface area contributed by atoms with Gasteiger partial charge in [0.05, 0.1) is 24.3 Å². The molecule has 30 heavy (non-hydrogen) atoms. The van der Waals surface area contributed by atoms with Crippen LogP contribution in [-0.2, 0) is 6.42 Å². The van der Waals surface area contributed by atoms with E-state index in [2.05, 4.69) is 23.2 Å². The molecule has 3 aromatic carbocycles. The van der Waals surface area contributed by atoms with Crippen molar-refractivity contribution in [3.05, 3.63) is 88.4 Å². The number of fused-ring (bicyclic) bond motifs is 6. The third kappa shape index (κ3) is 3.29. The third-order valence-electron chi connectivity index (χ3n) is 5.34. The Kier molecular flexibility index (Phi) is 4.64. The van der Waals surface area contributed by atoms with Crippen LogP contribution in [0.25, 0.3) is 22.0 Å². The van der Waals surface area contributed by atoms with Crippen molar-refractivity contribution in [3.63, 3.8) is 0 Å². The number of ether oxygens (including phenoxy) is 2. The van der Waals surface area contributed by atoms with Crippen LogP contribution in [0.1, 0.15) is 21.5 Å². The number of carbonyl (C=O) groups is 1. The molecule has 2 heterocycles. The van der Waals surface area contributed by atoms with Crippen molar-refractivity contribution in [2.45, 2.75) is 6.42 Å². The van der Waals surface area contributed by atoms with Crippen LogP contribution in [0.4, 0.5) is 0 Å². The Morgan fingerprint density at radius 3 is 2.67 bits per heavy atom. The van der Waals surface area contributed by atoms with Crippen LogP contribution < -0.4 is 9.47 Å². The molecule has 5 rings (SSSR count). The van der Waals surface area contributed by atoms with Gasteiger partial charge in [0, 0.05) is 29.0 Å². The zero-order chi connectivity index (χ0) is 20.7. The SMILES string of the molecule is COc1cc2c3cc(ccc3n1)C(=O)c1ccc(Cl)c(c1)OCCc1cccc-2c1. The Morgan fingerprint density at radius 1 is 0.967 bits per heavy atom. The maximum absolute atomic E-state index is 13.2. The van der Waals surface area contributed by atoms with Crippen LogP contribution in [0.3, 0.4) is 0 Å². The number of halogens is 1. The van der Waals surface area contributed by atoms with E-state index in [0.29, 0.717) is 40.8 Å². The van der Waals surface area contributed by atoms with Crippen LogP contribution in [0, 0.1) is 0 Å². The average molecular weight is 416 g/mol. The first kappa shape index (κ1) is 18.6. The molecule has 0 aliphatic carbocycles. The number of ketones is 1. The lowest BCUT2D eigenvalue weighted by Gasteiger charge is -2.14. The number of benzene rings is 3. The number of methoxy groups -OCH3 is 1. The highest BCUT2D eigenvalue weighted by atomic mass is 35.5. The van der Waals surface area contributed by atoms with Crippen LogP contribution in [0.2, 0.25) is 5.02 Å². The molecule has 1 aliphatic heterocycles. The normalized spacial score (nSPS) is 13.1. The summed E-state index contributed by atoms with van der Waals surface area (Å²) >= 11 is 6.29. The summed E-state index contributed by atoms with van der Waals surface area (Å²) in [5, 5.41) is 1.39. The molecular weight excluding hydrogens is 398 g/mol. The summed E-state index contributed by atoms with van der Waals surface area (Å²) in [7, 11) is 1.60. The lowest BCUT2D eigenvalue weighted by atomic mass is 9.95. The van der Waals surface area contributed by atoms with Crippen molar-refractivity contribution in [2.75, 3.05) is 13.7 Å². The molecule has 0 fully saturated rings. The summed E-state index contributed by atoms with van der Waals surface area (Å²) in [6, 6.07) is 20.9. The van der Waals surface area contributed by atoms with Crippen molar-refractivity contribution in [1.82, 2.24) is 4.98 Å². The number of aromatic nitrogens is 1. The fraction of sp³-hybridized carbons (Fsp3) is 0.120. The maximum atomic E-state index is 13.2. The van der Waals surface area contributed by atoms with Crippen molar-refractivity contribution in [2.24, 2.45) is 0 Å². The molecule has 0 spiro atoms. The molecular formula is C25H18ClNO3. The Balaban J connectivity index is 1.79. The van der Waals surface area contributed by atoms with Gasteiger partial charge < -0.3 is 9.47 Å². The topological polar surface area (TPSA) is 48.4 Å². The molecule has 148 valence electrons. The van der Waals surface area contributed by atoms with Crippen LogP contribution >= 0.6 is 11.6 Å². The summed E-state index contributed by atoms with van der Waals surface area (Å²) in [6.07, 6.45) is 0.716. The second-order valence-electron chi connectivity index (χ2n) is 7.22. The molecule has 1 aromatic heterocycles. The number of hydrogen-bond acceptors (Lipinski definition) is 4. The zero-order valence-corrected chi connectivity index (χ0v) is 17.1. The summed E-state index contributed by atoms with van der Waals surface area (Å²) in [5.41, 5.74) is 5.05. The second kappa shape index (κ2) is 7.47. The van der Waals surface area contributed by atoms with Crippen molar-refractivity contribution in [3.8, 4) is 22.8 Å². The van der Waals surface area contributed by atoms with Gasteiger partial charge in [0.15, 0.2) is 5.78 Å². The first-order valence-electron chi connectivity index (χ1n) is 9.67. The fourth-order valence-corrected chi connectivity index (χ4v) is 3.95. The van der Waals surface area contributed by atoms with E-state index in [1.54, 1.807) is 31.4 Å². The van der Waals surface area contributed by atoms with Gasteiger partial charge in [-0.05, 0) is 53.1 Å². The number of rotatable bonds is 1. The number of pyridine rings is 1. The predicted octanol–water partition coefficient (Wildman–Crippen LogP) is 5.73. The molecule has 0 amide bonds. The van der Waals surface area contributed by atoms with Gasteiger partial charge >= 0.3 is 0 Å². The molecule has 0 atom stereocenters. The molecule has 0 radical (unpaired) electrons. The minimum atomic E-state index is -0.0917. The smallest absolute Gasteiger partial charge is 0.214 e. The molecule has 0 unspecified atom stereocenters. The monoisotopic (exact) mass is 415 g/mol. The Bertz CT molecular complexity index is 1300. The summed E-state index contributed by atoms with van der Waals surface area (Å²) in [4.78, 5) is 17.8. The predicted molar refractivity (Wildman–Crippen MR) is 118 cm³/mol. The van der Waals surface area contributed by atoms with Gasteiger partial charge in [-0.25, -0.2) is 4.98 Å². The fourth-order valence-electron chi connectivity index (χ4n) is 3.78. The van der Waals surface area contributed by atoms with Gasteiger partial charge in [0.1, 0.15) is 5.75 Å². The molecule has 6 bridgehead atoms. The van der Waals surface area contributed by atoms with E-state index in [4.69, 9.17) is 21.1 Å². The van der Waals surface area contributed by atoms with Crippen LogP contribution in [0.15, 0.2) is 66.7 Å². The highest BCUT2D eigenvalue weighted by Crippen LogP contribution is 2.34. The van der Waals surface area contributed by atoms with Gasteiger partial charge in [0.25, 0.3) is 0 Å². The molecule has 1 aliphatic rings. The Labute approximate surface area is 179 Å². The van der Waals surface area contributed by atoms with Crippen molar-refractivity contribution < 1.29 is 14.3 Å². The van der Waals surface area contributed by atoms with Crippen LogP contribution in [0.5, 0.6) is 11.6 Å². The van der Waals surface area contributed by atoms with Gasteiger partial charge in [0.2, 0.25) is 5.88 Å². The first-order valence-corrected chi connectivity index (χ1v) is 10.1. The summed E-state index contributed by atoms with van der Waals surface area (Å²) < 4.78 is 11.3. The van der Waals surface area contributed by atoms with E-state index in [1.165, 1.54) is 0 Å². The van der Waals surface area contributed by atoms with Gasteiger partial charge in [-0.3, -0.25) is 4.79 Å². The summed E-state index contributed by atoms with van der Waals surface area (Å²) in [6.45, 7) is 0.460. The quantitative estimate of drug-likeness (QED) is 0.398. The molecule has 4 nitrogen and oxygen atoms in total. The molecule has 4 aromatic rings. The first-order chi connectivity index (χ1) is 14.6. The highest BCUT2D eigenvalue weighted by Gasteiger charge is 2.16. The van der Waals surface area contributed by atoms with Gasteiger partial charge in [-0.15, -0.1) is 0 Å². The highest BCUT2D eigenvalue weighted by molar-refractivity contribution is 6.32. The van der Waals surface area contributed by atoms with Crippen molar-refractivity contribution >= 4 is 28.3 Å². The van der Waals surface area contributed by atoms with Crippen molar-refractivity contribution in [1.29, 1.82) is 0 Å². The lowest BCUT2D eigenvalue weighted by molar-refractivity contribution is 0.103. The van der Waals surface area contributed by atoms with Gasteiger partial charge in [-0.1, -0.05) is 35.9 Å². The molecule has 0 saturated heterocycles.